The van der Waals surface area contributed by atoms with E-state index in [0.29, 0.717) is 25.7 Å². The van der Waals surface area contributed by atoms with Gasteiger partial charge in [0.05, 0.1) is 26.4 Å². The molecular weight excluding hydrogens is 1270 g/mol. The van der Waals surface area contributed by atoms with E-state index in [4.69, 9.17) is 37.0 Å². The van der Waals surface area contributed by atoms with Crippen molar-refractivity contribution in [2.75, 3.05) is 39.6 Å². The monoisotopic (exact) mass is 1420 g/mol. The lowest BCUT2D eigenvalue weighted by atomic mass is 9.99. The summed E-state index contributed by atoms with van der Waals surface area (Å²) < 4.78 is 68.7. The van der Waals surface area contributed by atoms with Crippen LogP contribution in [0, 0.1) is 17.8 Å². The number of carbonyl (C=O) groups excluding carboxylic acids is 4. The van der Waals surface area contributed by atoms with Gasteiger partial charge >= 0.3 is 39.5 Å². The number of carbonyl (C=O) groups is 4. The molecule has 0 aromatic carbocycles. The zero-order chi connectivity index (χ0) is 71.6. The maximum Gasteiger partial charge on any atom is 0.472 e. The lowest BCUT2D eigenvalue weighted by Gasteiger charge is -2.21. The number of phosphoric ester groups is 2. The Kier molecular flexibility index (Phi) is 67.1. The largest absolute Gasteiger partial charge is 0.472 e. The van der Waals surface area contributed by atoms with E-state index in [1.165, 1.54) is 212 Å². The Hall–Kier alpha value is -1.94. The second kappa shape index (κ2) is 68.5. The molecule has 6 atom stereocenters. The third-order valence-electron chi connectivity index (χ3n) is 18.5. The van der Waals surface area contributed by atoms with E-state index in [-0.39, 0.29) is 25.7 Å². The summed E-state index contributed by atoms with van der Waals surface area (Å²) in [4.78, 5) is 73.0. The number of rotatable bonds is 76. The number of aliphatic hydroxyl groups excluding tert-OH is 1. The van der Waals surface area contributed by atoms with Crippen LogP contribution in [-0.4, -0.2) is 96.7 Å². The first kappa shape index (κ1) is 95.1. The highest BCUT2D eigenvalue weighted by atomic mass is 31.2. The summed E-state index contributed by atoms with van der Waals surface area (Å²) in [6.07, 6.45) is 55.3. The molecule has 0 aliphatic rings. The van der Waals surface area contributed by atoms with Crippen LogP contribution in [0.25, 0.3) is 0 Å². The van der Waals surface area contributed by atoms with E-state index in [0.717, 1.165) is 108 Å². The first-order chi connectivity index (χ1) is 46.8. The molecule has 0 bridgehead atoms. The SMILES string of the molecule is CCCCCCCCCCCCCCCCCCC(=O)O[C@H](COC(=O)CCCCCCCCCCCCCCC(C)C)COP(=O)(O)OC[C@@H](O)COP(=O)(O)OC[C@@H](COC(=O)CCCCCCCCCCC(C)CC)OC(=O)CCCCCCCCCCCCCC(C)C. The minimum Gasteiger partial charge on any atom is -0.462 e. The van der Waals surface area contributed by atoms with Crippen LogP contribution >= 0.6 is 15.6 Å². The third kappa shape index (κ3) is 70.9. The van der Waals surface area contributed by atoms with Crippen LogP contribution < -0.4 is 0 Å². The molecule has 0 saturated carbocycles. The molecular formula is C78H152O17P2. The van der Waals surface area contributed by atoms with Crippen molar-refractivity contribution in [2.24, 2.45) is 17.8 Å². The Morgan fingerprint density at radius 1 is 0.299 bits per heavy atom. The molecule has 0 rings (SSSR count). The highest BCUT2D eigenvalue weighted by Gasteiger charge is 2.30. The highest BCUT2D eigenvalue weighted by molar-refractivity contribution is 7.47. The number of esters is 4. The van der Waals surface area contributed by atoms with Crippen LogP contribution in [0.1, 0.15) is 402 Å². The minimum atomic E-state index is -4.96. The van der Waals surface area contributed by atoms with Gasteiger partial charge in [0.2, 0.25) is 0 Å². The van der Waals surface area contributed by atoms with Crippen LogP contribution in [0.2, 0.25) is 0 Å². The molecule has 576 valence electrons. The van der Waals surface area contributed by atoms with Crippen molar-refractivity contribution in [3.8, 4) is 0 Å². The molecule has 0 saturated heterocycles. The van der Waals surface area contributed by atoms with Gasteiger partial charge in [-0.1, -0.05) is 350 Å². The second-order valence-corrected chi connectivity index (χ2v) is 32.2. The summed E-state index contributed by atoms with van der Waals surface area (Å²) in [5.74, 6) is 0.211. The highest BCUT2D eigenvalue weighted by Crippen LogP contribution is 2.45. The molecule has 0 aromatic heterocycles. The van der Waals surface area contributed by atoms with Gasteiger partial charge in [0.1, 0.15) is 19.3 Å². The van der Waals surface area contributed by atoms with E-state index >= 15 is 0 Å². The fraction of sp³-hybridized carbons (Fsp3) is 0.949. The average molecular weight is 1420 g/mol. The van der Waals surface area contributed by atoms with Gasteiger partial charge in [-0.05, 0) is 43.4 Å². The summed E-state index contributed by atoms with van der Waals surface area (Å²) in [5.41, 5.74) is 0. The van der Waals surface area contributed by atoms with Crippen molar-refractivity contribution in [1.82, 2.24) is 0 Å². The molecule has 3 N–H and O–H groups in total. The fourth-order valence-electron chi connectivity index (χ4n) is 11.9. The van der Waals surface area contributed by atoms with Crippen LogP contribution in [0.4, 0.5) is 0 Å². The lowest BCUT2D eigenvalue weighted by Crippen LogP contribution is -2.30. The first-order valence-corrected chi connectivity index (χ1v) is 43.4. The molecule has 17 nitrogen and oxygen atoms in total. The maximum atomic E-state index is 13.1. The van der Waals surface area contributed by atoms with Gasteiger partial charge in [-0.2, -0.15) is 0 Å². The van der Waals surface area contributed by atoms with Gasteiger partial charge in [-0.15, -0.1) is 0 Å². The molecule has 0 aliphatic carbocycles. The summed E-state index contributed by atoms with van der Waals surface area (Å²) in [7, 11) is -9.92. The molecule has 19 heteroatoms. The van der Waals surface area contributed by atoms with Crippen LogP contribution in [-0.2, 0) is 65.4 Å². The van der Waals surface area contributed by atoms with Gasteiger partial charge < -0.3 is 33.8 Å². The molecule has 0 heterocycles. The van der Waals surface area contributed by atoms with Gasteiger partial charge in [0.25, 0.3) is 0 Å². The number of aliphatic hydroxyl groups is 1. The summed E-state index contributed by atoms with van der Waals surface area (Å²) in [5, 5.41) is 10.6. The predicted octanol–water partition coefficient (Wildman–Crippen LogP) is 23.0. The molecule has 0 aliphatic heterocycles. The second-order valence-electron chi connectivity index (χ2n) is 29.3. The normalized spacial score (nSPS) is 14.3. The van der Waals surface area contributed by atoms with Gasteiger partial charge in [0, 0.05) is 25.7 Å². The maximum absolute atomic E-state index is 13.1. The average Bonchev–Trinajstić information content (AvgIpc) is 1.16. The van der Waals surface area contributed by atoms with Gasteiger partial charge in [0.15, 0.2) is 12.2 Å². The van der Waals surface area contributed by atoms with Crippen molar-refractivity contribution in [3.05, 3.63) is 0 Å². The van der Waals surface area contributed by atoms with E-state index in [2.05, 4.69) is 48.5 Å². The van der Waals surface area contributed by atoms with E-state index in [9.17, 15) is 43.2 Å². The van der Waals surface area contributed by atoms with E-state index in [1.807, 2.05) is 0 Å². The Labute approximate surface area is 594 Å². The molecule has 0 spiro atoms. The number of hydrogen-bond donors (Lipinski definition) is 3. The zero-order valence-electron chi connectivity index (χ0n) is 63.5. The van der Waals surface area contributed by atoms with Crippen LogP contribution in [0.3, 0.4) is 0 Å². The minimum absolute atomic E-state index is 0.106. The smallest absolute Gasteiger partial charge is 0.462 e. The first-order valence-electron chi connectivity index (χ1n) is 40.4. The summed E-state index contributed by atoms with van der Waals surface area (Å²) in [6.45, 7) is 11.9. The van der Waals surface area contributed by atoms with E-state index in [1.54, 1.807) is 0 Å². The Balaban J connectivity index is 5.28. The Morgan fingerprint density at radius 3 is 0.784 bits per heavy atom. The van der Waals surface area contributed by atoms with Gasteiger partial charge in [-0.3, -0.25) is 37.3 Å². The van der Waals surface area contributed by atoms with Crippen molar-refractivity contribution in [2.45, 2.75) is 420 Å². The Morgan fingerprint density at radius 2 is 0.526 bits per heavy atom. The summed E-state index contributed by atoms with van der Waals surface area (Å²) >= 11 is 0. The fourth-order valence-corrected chi connectivity index (χ4v) is 13.5. The van der Waals surface area contributed by atoms with Crippen molar-refractivity contribution >= 4 is 39.5 Å². The van der Waals surface area contributed by atoms with Crippen molar-refractivity contribution < 1.29 is 80.2 Å². The van der Waals surface area contributed by atoms with Crippen molar-refractivity contribution in [3.63, 3.8) is 0 Å². The molecule has 0 radical (unpaired) electrons. The molecule has 0 amide bonds. The number of ether oxygens (including phenoxy) is 4. The number of phosphoric acid groups is 2. The quantitative estimate of drug-likeness (QED) is 0.0222. The molecule has 3 unspecified atom stereocenters. The molecule has 97 heavy (non-hydrogen) atoms. The Bertz CT molecular complexity index is 1890. The van der Waals surface area contributed by atoms with Crippen molar-refractivity contribution in [1.29, 1.82) is 0 Å². The van der Waals surface area contributed by atoms with Crippen LogP contribution in [0.5, 0.6) is 0 Å². The predicted molar refractivity (Wildman–Crippen MR) is 395 cm³/mol. The lowest BCUT2D eigenvalue weighted by molar-refractivity contribution is -0.161. The number of unbranched alkanes of at least 4 members (excludes halogenated alkanes) is 43. The summed E-state index contributed by atoms with van der Waals surface area (Å²) in [6, 6.07) is 0. The third-order valence-corrected chi connectivity index (χ3v) is 20.4. The van der Waals surface area contributed by atoms with Gasteiger partial charge in [-0.25, -0.2) is 9.13 Å². The standard InChI is InChI=1S/C78H152O17P2/c1-8-10-11-12-13-14-15-16-17-18-19-26-31-40-47-54-61-77(82)94-73(65-88-75(80)59-52-45-38-30-25-21-20-23-28-35-42-49-56-69(3)4)67-92-96(84,85)90-63-72(79)64-91-97(86,87)93-68-74(66-89-76(81)60-53-46-39-34-33-37-44-51-58-71(7)9-2)95-78(83)62-55-48-41-32-27-22-24-29-36-43-50-57-70(5)6/h69-74,79H,8-68H2,1-7H3,(H,84,85)(H,86,87)/t71?,72-,73-,74-/m1/s1. The number of hydrogen-bond acceptors (Lipinski definition) is 15. The molecule has 0 fully saturated rings. The molecule has 0 aromatic rings. The topological polar surface area (TPSA) is 237 Å². The zero-order valence-corrected chi connectivity index (χ0v) is 65.3. The van der Waals surface area contributed by atoms with E-state index < -0.39 is 97.5 Å². The van der Waals surface area contributed by atoms with Crippen LogP contribution in [0.15, 0.2) is 0 Å².